The molecule has 1 aromatic heterocycles. The smallest absolute Gasteiger partial charge is 0.270 e. The fourth-order valence-corrected chi connectivity index (χ4v) is 3.42. The molecule has 2 aromatic rings. The summed E-state index contributed by atoms with van der Waals surface area (Å²) in [5, 5.41) is 16.7. The number of aliphatic hydroxyl groups is 1. The fraction of sp³-hybridized carbons (Fsp3) is 0.500. The molecule has 0 bridgehead atoms. The number of nitrogens with one attached hydrogen (secondary N) is 1. The summed E-state index contributed by atoms with van der Waals surface area (Å²) in [6, 6.07) is 7.52. The first-order valence-corrected chi connectivity index (χ1v) is 9.24. The van der Waals surface area contributed by atoms with Crippen molar-refractivity contribution >= 4 is 5.91 Å². The lowest BCUT2D eigenvalue weighted by atomic mass is 9.99. The van der Waals surface area contributed by atoms with Gasteiger partial charge in [0.25, 0.3) is 5.91 Å². The van der Waals surface area contributed by atoms with Crippen molar-refractivity contribution in [1.29, 1.82) is 0 Å². The first kappa shape index (κ1) is 19.5. The van der Waals surface area contributed by atoms with Crippen molar-refractivity contribution in [2.24, 2.45) is 0 Å². The Kier molecular flexibility index (Phi) is 6.26. The van der Waals surface area contributed by atoms with Crippen molar-refractivity contribution in [2.45, 2.75) is 52.2 Å². The number of nitrogens with zero attached hydrogens (tertiary/aromatic N) is 2. The Morgan fingerprint density at radius 2 is 2.04 bits per heavy atom. The number of carbonyl (C=O) groups excluding carboxylic acids is 1. The molecule has 1 amide bonds. The molecule has 0 spiro atoms. The lowest BCUT2D eigenvalue weighted by molar-refractivity contribution is -0.00716. The van der Waals surface area contributed by atoms with E-state index in [1.54, 1.807) is 11.8 Å². The highest BCUT2D eigenvalue weighted by Gasteiger charge is 2.31. The Bertz CT molecular complexity index is 785. The fourth-order valence-electron chi connectivity index (χ4n) is 3.42. The number of aromatic nitrogens is 2. The molecule has 3 rings (SSSR count). The van der Waals surface area contributed by atoms with Crippen molar-refractivity contribution in [3.63, 3.8) is 0 Å². The van der Waals surface area contributed by atoms with E-state index in [1.807, 2.05) is 38.1 Å². The molecule has 2 heterocycles. The van der Waals surface area contributed by atoms with E-state index in [0.717, 1.165) is 22.4 Å². The number of benzene rings is 1. The predicted octanol–water partition coefficient (Wildman–Crippen LogP) is 1.97. The largest absolute Gasteiger partial charge is 0.392 e. The summed E-state index contributed by atoms with van der Waals surface area (Å²) >= 11 is 0. The third-order valence-corrected chi connectivity index (χ3v) is 4.78. The summed E-state index contributed by atoms with van der Waals surface area (Å²) in [5.41, 5.74) is 4.21. The van der Waals surface area contributed by atoms with E-state index in [0.29, 0.717) is 31.8 Å². The van der Waals surface area contributed by atoms with Gasteiger partial charge in [-0.3, -0.25) is 9.48 Å². The number of hydrogen-bond acceptors (Lipinski definition) is 5. The molecule has 0 saturated carbocycles. The van der Waals surface area contributed by atoms with E-state index in [2.05, 4.69) is 10.4 Å². The molecule has 1 aromatic carbocycles. The number of methoxy groups -OCH3 is 1. The monoisotopic (exact) mass is 373 g/mol. The zero-order valence-electron chi connectivity index (χ0n) is 16.1. The zero-order valence-corrected chi connectivity index (χ0v) is 16.1. The van der Waals surface area contributed by atoms with Crippen LogP contribution in [-0.2, 0) is 35.6 Å². The molecule has 0 radical (unpaired) electrons. The molecular weight excluding hydrogens is 346 g/mol. The van der Waals surface area contributed by atoms with Crippen LogP contribution < -0.4 is 5.32 Å². The van der Waals surface area contributed by atoms with Crippen LogP contribution in [0, 0.1) is 0 Å². The Morgan fingerprint density at radius 1 is 1.33 bits per heavy atom. The van der Waals surface area contributed by atoms with Crippen molar-refractivity contribution in [2.75, 3.05) is 13.7 Å². The van der Waals surface area contributed by atoms with E-state index in [-0.39, 0.29) is 24.7 Å². The Labute approximate surface area is 159 Å². The van der Waals surface area contributed by atoms with Crippen LogP contribution in [-0.4, -0.2) is 40.6 Å². The second kappa shape index (κ2) is 8.65. The Hall–Kier alpha value is -2.22. The van der Waals surface area contributed by atoms with Gasteiger partial charge in [0.15, 0.2) is 0 Å². The van der Waals surface area contributed by atoms with Crippen LogP contribution in [0.25, 0.3) is 0 Å². The highest BCUT2D eigenvalue weighted by Crippen LogP contribution is 2.31. The van der Waals surface area contributed by atoms with Gasteiger partial charge in [0.1, 0.15) is 5.69 Å². The molecule has 0 aliphatic carbocycles. The third-order valence-electron chi connectivity index (χ3n) is 4.78. The molecule has 27 heavy (non-hydrogen) atoms. The van der Waals surface area contributed by atoms with Crippen LogP contribution in [0.2, 0.25) is 0 Å². The molecule has 7 heteroatoms. The van der Waals surface area contributed by atoms with Crippen LogP contribution in [0.1, 0.15) is 52.8 Å². The van der Waals surface area contributed by atoms with Gasteiger partial charge in [-0.1, -0.05) is 24.3 Å². The molecule has 0 saturated heterocycles. The summed E-state index contributed by atoms with van der Waals surface area (Å²) in [6.07, 6.45) is 0.580. The average molecular weight is 373 g/mol. The van der Waals surface area contributed by atoms with Gasteiger partial charge in [0, 0.05) is 25.6 Å². The lowest BCUT2D eigenvalue weighted by Crippen LogP contribution is -2.29. The van der Waals surface area contributed by atoms with Gasteiger partial charge in [-0.2, -0.15) is 5.10 Å². The molecule has 2 atom stereocenters. The van der Waals surface area contributed by atoms with Crippen molar-refractivity contribution in [3.8, 4) is 0 Å². The molecular formula is C20H27N3O4. The molecule has 7 nitrogen and oxygen atoms in total. The van der Waals surface area contributed by atoms with Gasteiger partial charge in [0.2, 0.25) is 0 Å². The molecule has 1 aliphatic heterocycles. The summed E-state index contributed by atoms with van der Waals surface area (Å²) in [6.45, 7) is 5.39. The average Bonchev–Trinajstić information content (AvgIpc) is 3.03. The topological polar surface area (TPSA) is 85.6 Å². The van der Waals surface area contributed by atoms with Crippen LogP contribution in [0.4, 0.5) is 0 Å². The maximum Gasteiger partial charge on any atom is 0.270 e. The van der Waals surface area contributed by atoms with Crippen molar-refractivity contribution in [1.82, 2.24) is 15.1 Å². The second-order valence-corrected chi connectivity index (χ2v) is 6.88. The van der Waals surface area contributed by atoms with Gasteiger partial charge in [0.05, 0.1) is 37.7 Å². The van der Waals surface area contributed by atoms with E-state index in [9.17, 15) is 4.79 Å². The third kappa shape index (κ3) is 4.37. The van der Waals surface area contributed by atoms with Gasteiger partial charge >= 0.3 is 0 Å². The van der Waals surface area contributed by atoms with Crippen LogP contribution in [0.3, 0.4) is 0 Å². The Balaban J connectivity index is 1.81. The minimum atomic E-state index is -0.146. The normalized spacial score (nSPS) is 19.0. The number of rotatable bonds is 7. The minimum Gasteiger partial charge on any atom is -0.392 e. The van der Waals surface area contributed by atoms with Gasteiger partial charge in [-0.15, -0.1) is 0 Å². The molecule has 146 valence electrons. The Morgan fingerprint density at radius 3 is 2.70 bits per heavy atom. The quantitative estimate of drug-likeness (QED) is 0.775. The zero-order chi connectivity index (χ0) is 19.4. The summed E-state index contributed by atoms with van der Waals surface area (Å²) in [4.78, 5) is 13.0. The molecule has 0 unspecified atom stereocenters. The van der Waals surface area contributed by atoms with Crippen molar-refractivity contribution in [3.05, 3.63) is 52.3 Å². The van der Waals surface area contributed by atoms with Gasteiger partial charge in [-0.05, 0) is 25.0 Å². The van der Waals surface area contributed by atoms with Gasteiger partial charge < -0.3 is 19.9 Å². The maximum absolute atomic E-state index is 13.0. The molecule has 1 aliphatic rings. The van der Waals surface area contributed by atoms with E-state index < -0.39 is 0 Å². The van der Waals surface area contributed by atoms with E-state index >= 15 is 0 Å². The lowest BCUT2D eigenvalue weighted by Gasteiger charge is -2.24. The highest BCUT2D eigenvalue weighted by molar-refractivity contribution is 5.94. The van der Waals surface area contributed by atoms with Crippen molar-refractivity contribution < 1.29 is 19.4 Å². The minimum absolute atomic E-state index is 0.00982. The summed E-state index contributed by atoms with van der Waals surface area (Å²) in [5.74, 6) is -0.146. The first-order valence-electron chi connectivity index (χ1n) is 9.24. The van der Waals surface area contributed by atoms with E-state index in [4.69, 9.17) is 14.6 Å². The van der Waals surface area contributed by atoms with Crippen LogP contribution in [0.15, 0.2) is 24.3 Å². The maximum atomic E-state index is 13.0. The number of carbonyl (C=O) groups is 1. The SMILES string of the molecule is COCCn1nc2c(c1C(=O)NCc1ccc(CO)cc1)C[C@H](C)O[C@@H]2C. The highest BCUT2D eigenvalue weighted by atomic mass is 16.5. The predicted molar refractivity (Wildman–Crippen MR) is 100 cm³/mol. The van der Waals surface area contributed by atoms with Crippen LogP contribution in [0.5, 0.6) is 0 Å². The summed E-state index contributed by atoms with van der Waals surface area (Å²) < 4.78 is 12.8. The number of aliphatic hydroxyl groups excluding tert-OH is 1. The van der Waals surface area contributed by atoms with Gasteiger partial charge in [-0.25, -0.2) is 0 Å². The molecule has 2 N–H and O–H groups in total. The number of amides is 1. The standard InChI is InChI=1S/C20H27N3O4/c1-13-10-17-18(14(2)27-13)22-23(8-9-26-3)19(17)20(25)21-11-15-4-6-16(12-24)7-5-15/h4-7,13-14,24H,8-12H2,1-3H3,(H,21,25)/t13-,14+/m0/s1. The first-order chi connectivity index (χ1) is 13.0. The number of fused-ring (bicyclic) bond motifs is 1. The number of ether oxygens (including phenoxy) is 2. The van der Waals surface area contributed by atoms with Crippen LogP contribution >= 0.6 is 0 Å². The number of hydrogen-bond donors (Lipinski definition) is 2. The van der Waals surface area contributed by atoms with E-state index in [1.165, 1.54) is 0 Å². The molecule has 0 fully saturated rings. The summed E-state index contributed by atoms with van der Waals surface area (Å²) in [7, 11) is 1.63. The second-order valence-electron chi connectivity index (χ2n) is 6.88.